The summed E-state index contributed by atoms with van der Waals surface area (Å²) in [6.07, 6.45) is 1.73. The topological polar surface area (TPSA) is 55.0 Å². The number of hydrogen-bond donors (Lipinski definition) is 1. The lowest BCUT2D eigenvalue weighted by Gasteiger charge is -2.09. The molecule has 0 aromatic carbocycles. The normalized spacial score (nSPS) is 11.0. The number of likely N-dealkylation sites (N-methyl/N-ethyl adjacent to an activating group) is 1. The van der Waals surface area contributed by atoms with Gasteiger partial charge in [0, 0.05) is 30.8 Å². The number of aromatic nitrogens is 2. The Hall–Kier alpha value is -1.00. The summed E-state index contributed by atoms with van der Waals surface area (Å²) in [6.45, 7) is 3.62. The predicted molar refractivity (Wildman–Crippen MR) is 61.8 cm³/mol. The summed E-state index contributed by atoms with van der Waals surface area (Å²) in [5.74, 6) is 0.923. The van der Waals surface area contributed by atoms with Gasteiger partial charge in [-0.25, -0.2) is 9.97 Å². The molecule has 0 saturated carbocycles. The minimum Gasteiger partial charge on any atom is -0.330 e. The van der Waals surface area contributed by atoms with Gasteiger partial charge in [-0.3, -0.25) is 0 Å². The Labute approximate surface area is 91.5 Å². The van der Waals surface area contributed by atoms with Crippen LogP contribution in [-0.2, 0) is 12.8 Å². The maximum Gasteiger partial charge on any atom is 0.130 e. The van der Waals surface area contributed by atoms with E-state index in [2.05, 4.69) is 29.0 Å². The van der Waals surface area contributed by atoms with Gasteiger partial charge in [-0.05, 0) is 33.6 Å². The lowest BCUT2D eigenvalue weighted by Crippen LogP contribution is -2.17. The van der Waals surface area contributed by atoms with E-state index in [-0.39, 0.29) is 0 Å². The molecule has 1 aromatic heterocycles. The van der Waals surface area contributed by atoms with Crippen LogP contribution in [0.2, 0.25) is 0 Å². The second-order valence-corrected chi connectivity index (χ2v) is 4.01. The average molecular weight is 208 g/mol. The second-order valence-electron chi connectivity index (χ2n) is 4.01. The number of hydrogen-bond acceptors (Lipinski definition) is 4. The summed E-state index contributed by atoms with van der Waals surface area (Å²) < 4.78 is 0. The van der Waals surface area contributed by atoms with Gasteiger partial charge in [-0.2, -0.15) is 0 Å². The van der Waals surface area contributed by atoms with Crippen LogP contribution in [-0.4, -0.2) is 42.1 Å². The summed E-state index contributed by atoms with van der Waals surface area (Å²) in [7, 11) is 4.10. The van der Waals surface area contributed by atoms with Crippen molar-refractivity contribution in [2.75, 3.05) is 27.2 Å². The summed E-state index contributed by atoms with van der Waals surface area (Å²) in [6, 6.07) is 2.01. The monoisotopic (exact) mass is 208 g/mol. The van der Waals surface area contributed by atoms with E-state index in [1.54, 1.807) is 0 Å². The van der Waals surface area contributed by atoms with Crippen molar-refractivity contribution in [3.8, 4) is 0 Å². The van der Waals surface area contributed by atoms with Crippen LogP contribution in [0, 0.1) is 6.92 Å². The fraction of sp³-hybridized carbons (Fsp3) is 0.636. The van der Waals surface area contributed by atoms with Crippen LogP contribution in [0.1, 0.15) is 17.2 Å². The van der Waals surface area contributed by atoms with Gasteiger partial charge in [0.1, 0.15) is 5.82 Å². The molecular formula is C11H20N4. The minimum atomic E-state index is 0.642. The van der Waals surface area contributed by atoms with Crippen LogP contribution < -0.4 is 5.73 Å². The standard InChI is InChI=1S/C11H20N4/c1-9-8-10(4-6-12)14-11(13-9)5-7-15(2)3/h8H,4-7,12H2,1-3H3. The highest BCUT2D eigenvalue weighted by molar-refractivity contribution is 5.10. The molecule has 4 heteroatoms. The van der Waals surface area contributed by atoms with Crippen LogP contribution in [0.3, 0.4) is 0 Å². The molecule has 15 heavy (non-hydrogen) atoms. The van der Waals surface area contributed by atoms with E-state index >= 15 is 0 Å². The second kappa shape index (κ2) is 5.78. The Morgan fingerprint density at radius 1 is 1.27 bits per heavy atom. The number of rotatable bonds is 5. The highest BCUT2D eigenvalue weighted by atomic mass is 15.1. The van der Waals surface area contributed by atoms with Crippen LogP contribution >= 0.6 is 0 Å². The van der Waals surface area contributed by atoms with Crippen molar-refractivity contribution in [3.63, 3.8) is 0 Å². The fourth-order valence-corrected chi connectivity index (χ4v) is 1.41. The third-order valence-corrected chi connectivity index (χ3v) is 2.14. The van der Waals surface area contributed by atoms with Crippen molar-refractivity contribution in [3.05, 3.63) is 23.3 Å². The zero-order valence-electron chi connectivity index (χ0n) is 9.82. The third-order valence-electron chi connectivity index (χ3n) is 2.14. The molecule has 0 aliphatic carbocycles. The summed E-state index contributed by atoms with van der Waals surface area (Å²) in [5, 5.41) is 0. The van der Waals surface area contributed by atoms with Gasteiger partial charge < -0.3 is 10.6 Å². The first-order valence-electron chi connectivity index (χ1n) is 5.30. The smallest absolute Gasteiger partial charge is 0.130 e. The van der Waals surface area contributed by atoms with Gasteiger partial charge in [0.25, 0.3) is 0 Å². The first kappa shape index (κ1) is 12.1. The van der Waals surface area contributed by atoms with Crippen LogP contribution in [0.25, 0.3) is 0 Å². The molecule has 0 bridgehead atoms. The van der Waals surface area contributed by atoms with Crippen LogP contribution in [0.5, 0.6) is 0 Å². The highest BCUT2D eigenvalue weighted by Gasteiger charge is 2.02. The molecule has 0 aliphatic heterocycles. The molecule has 1 aromatic rings. The third kappa shape index (κ3) is 4.36. The molecular weight excluding hydrogens is 188 g/mol. The molecule has 0 unspecified atom stereocenters. The molecule has 84 valence electrons. The van der Waals surface area contributed by atoms with Gasteiger partial charge in [0.05, 0.1) is 0 Å². The van der Waals surface area contributed by atoms with Gasteiger partial charge in [-0.1, -0.05) is 0 Å². The molecule has 1 rings (SSSR count). The lowest BCUT2D eigenvalue weighted by molar-refractivity contribution is 0.409. The Morgan fingerprint density at radius 2 is 2.00 bits per heavy atom. The Kier molecular flexibility index (Phi) is 4.65. The number of nitrogens with zero attached hydrogens (tertiary/aromatic N) is 3. The van der Waals surface area contributed by atoms with Gasteiger partial charge in [0.15, 0.2) is 0 Å². The Balaban J connectivity index is 2.70. The molecule has 2 N–H and O–H groups in total. The van der Waals surface area contributed by atoms with Crippen LogP contribution in [0.4, 0.5) is 0 Å². The lowest BCUT2D eigenvalue weighted by atomic mass is 10.2. The molecule has 0 atom stereocenters. The summed E-state index contributed by atoms with van der Waals surface area (Å²) in [4.78, 5) is 11.0. The van der Waals surface area contributed by atoms with Crippen molar-refractivity contribution in [1.29, 1.82) is 0 Å². The van der Waals surface area contributed by atoms with Crippen molar-refractivity contribution in [2.24, 2.45) is 5.73 Å². The van der Waals surface area contributed by atoms with E-state index < -0.39 is 0 Å². The maximum absolute atomic E-state index is 5.51. The molecule has 0 amide bonds. The molecule has 0 aliphatic rings. The van der Waals surface area contributed by atoms with Crippen molar-refractivity contribution < 1.29 is 0 Å². The summed E-state index contributed by atoms with van der Waals surface area (Å²) >= 11 is 0. The summed E-state index contributed by atoms with van der Waals surface area (Å²) in [5.41, 5.74) is 7.60. The predicted octanol–water partition coefficient (Wildman–Crippen LogP) is 0.390. The van der Waals surface area contributed by atoms with E-state index in [1.807, 2.05) is 13.0 Å². The molecule has 1 heterocycles. The largest absolute Gasteiger partial charge is 0.330 e. The number of nitrogens with two attached hydrogens (primary N) is 1. The van der Waals surface area contributed by atoms with Gasteiger partial charge in [-0.15, -0.1) is 0 Å². The first-order valence-corrected chi connectivity index (χ1v) is 5.30. The maximum atomic E-state index is 5.51. The number of aryl methyl sites for hydroxylation is 1. The van der Waals surface area contributed by atoms with Crippen molar-refractivity contribution >= 4 is 0 Å². The van der Waals surface area contributed by atoms with Crippen molar-refractivity contribution in [1.82, 2.24) is 14.9 Å². The van der Waals surface area contributed by atoms with E-state index in [0.29, 0.717) is 6.54 Å². The first-order chi connectivity index (χ1) is 7.11. The molecule has 0 radical (unpaired) electrons. The molecule has 0 fully saturated rings. The average Bonchev–Trinajstić information content (AvgIpc) is 2.14. The Bertz CT molecular complexity index is 309. The quantitative estimate of drug-likeness (QED) is 0.760. The SMILES string of the molecule is Cc1cc(CCN)nc(CCN(C)C)n1. The van der Waals surface area contributed by atoms with E-state index in [9.17, 15) is 0 Å². The zero-order valence-corrected chi connectivity index (χ0v) is 9.82. The van der Waals surface area contributed by atoms with Crippen molar-refractivity contribution in [2.45, 2.75) is 19.8 Å². The zero-order chi connectivity index (χ0) is 11.3. The van der Waals surface area contributed by atoms with E-state index in [4.69, 9.17) is 5.73 Å². The van der Waals surface area contributed by atoms with Crippen LogP contribution in [0.15, 0.2) is 6.07 Å². The molecule has 4 nitrogen and oxygen atoms in total. The Morgan fingerprint density at radius 3 is 2.60 bits per heavy atom. The van der Waals surface area contributed by atoms with E-state index in [0.717, 1.165) is 36.6 Å². The highest BCUT2D eigenvalue weighted by Crippen LogP contribution is 2.02. The molecule has 0 saturated heterocycles. The van der Waals surface area contributed by atoms with E-state index in [1.165, 1.54) is 0 Å². The van der Waals surface area contributed by atoms with Gasteiger partial charge >= 0.3 is 0 Å². The van der Waals surface area contributed by atoms with Gasteiger partial charge in [0.2, 0.25) is 0 Å². The fourth-order valence-electron chi connectivity index (χ4n) is 1.41. The minimum absolute atomic E-state index is 0.642. The molecule has 0 spiro atoms.